The van der Waals surface area contributed by atoms with E-state index in [0.29, 0.717) is 0 Å². The van der Waals surface area contributed by atoms with Gasteiger partial charge in [0.15, 0.2) is 5.84 Å². The molecule has 0 saturated carbocycles. The smallest absolute Gasteiger partial charge is 0.218 e. The van der Waals surface area contributed by atoms with Gasteiger partial charge in [-0.05, 0) is 6.92 Å². The molecule has 6 nitrogen and oxygen atoms in total. The number of nitrogens with two attached hydrogens (primary N) is 2. The van der Waals surface area contributed by atoms with Gasteiger partial charge in [0.25, 0.3) is 0 Å². The number of oxime groups is 1. The molecule has 0 aliphatic carbocycles. The molecule has 0 aromatic rings. The van der Waals surface area contributed by atoms with Crippen molar-refractivity contribution in [3.63, 3.8) is 0 Å². The van der Waals surface area contributed by atoms with Crippen molar-refractivity contribution in [3.05, 3.63) is 0 Å². The summed E-state index contributed by atoms with van der Waals surface area (Å²) < 4.78 is 0. The third kappa shape index (κ3) is 5.48. The maximum atomic E-state index is 10.4. The Labute approximate surface area is 70.6 Å². The van der Waals surface area contributed by atoms with Gasteiger partial charge in [-0.2, -0.15) is 0 Å². The van der Waals surface area contributed by atoms with E-state index in [1.165, 1.54) is 0 Å². The quantitative estimate of drug-likeness (QED) is 0.177. The predicted octanol–water partition coefficient (Wildman–Crippen LogP) is -1.41. The molecule has 12 heavy (non-hydrogen) atoms. The van der Waals surface area contributed by atoms with Crippen molar-refractivity contribution < 1.29 is 10.0 Å². The Balaban J connectivity index is 3.57. The van der Waals surface area contributed by atoms with Gasteiger partial charge in [0.2, 0.25) is 5.91 Å². The van der Waals surface area contributed by atoms with E-state index in [1.807, 2.05) is 0 Å². The Kier molecular flexibility index (Phi) is 4.78. The number of nitrogens with one attached hydrogen (secondary N) is 1. The summed E-state index contributed by atoms with van der Waals surface area (Å²) in [6, 6.07) is -0.0669. The zero-order chi connectivity index (χ0) is 9.56. The minimum Gasteiger partial charge on any atom is -0.409 e. The average Bonchev–Trinajstić information content (AvgIpc) is 1.99. The standard InChI is InChI=1S/C6H14N4O2/c1-4(2-6(8)11)9-3-5(7)10-12/h4,9,12H,2-3H2,1H3,(H2,7,10)(H2,8,11). The number of amides is 1. The molecule has 0 aliphatic rings. The third-order valence-electron chi connectivity index (χ3n) is 1.27. The highest BCUT2D eigenvalue weighted by atomic mass is 16.4. The Hall–Kier alpha value is -1.30. The van der Waals surface area contributed by atoms with Gasteiger partial charge in [-0.25, -0.2) is 0 Å². The van der Waals surface area contributed by atoms with Crippen molar-refractivity contribution in [1.29, 1.82) is 0 Å². The van der Waals surface area contributed by atoms with Crippen LogP contribution in [0.5, 0.6) is 0 Å². The van der Waals surface area contributed by atoms with E-state index < -0.39 is 0 Å². The first kappa shape index (κ1) is 10.7. The van der Waals surface area contributed by atoms with E-state index in [0.717, 1.165) is 0 Å². The second-order valence-electron chi connectivity index (χ2n) is 2.54. The molecule has 0 saturated heterocycles. The van der Waals surface area contributed by atoms with Crippen LogP contribution in [0.3, 0.4) is 0 Å². The number of hydrogen-bond acceptors (Lipinski definition) is 4. The van der Waals surface area contributed by atoms with E-state index in [-0.39, 0.29) is 30.8 Å². The van der Waals surface area contributed by atoms with Gasteiger partial charge in [0.1, 0.15) is 0 Å². The number of rotatable bonds is 5. The average molecular weight is 174 g/mol. The fraction of sp³-hybridized carbons (Fsp3) is 0.667. The first-order valence-corrected chi connectivity index (χ1v) is 3.54. The van der Waals surface area contributed by atoms with Crippen molar-refractivity contribution in [2.75, 3.05) is 6.54 Å². The predicted molar refractivity (Wildman–Crippen MR) is 44.7 cm³/mol. The molecule has 0 aromatic carbocycles. The zero-order valence-corrected chi connectivity index (χ0v) is 6.95. The maximum Gasteiger partial charge on any atom is 0.218 e. The summed E-state index contributed by atoms with van der Waals surface area (Å²) in [5.41, 5.74) is 10.1. The molecule has 1 amide bonds. The van der Waals surface area contributed by atoms with Crippen molar-refractivity contribution in [3.8, 4) is 0 Å². The highest BCUT2D eigenvalue weighted by molar-refractivity contribution is 5.81. The summed E-state index contributed by atoms with van der Waals surface area (Å²) in [6.07, 6.45) is 0.235. The van der Waals surface area contributed by atoms with E-state index in [2.05, 4.69) is 10.5 Å². The van der Waals surface area contributed by atoms with Crippen molar-refractivity contribution in [2.24, 2.45) is 16.6 Å². The summed E-state index contributed by atoms with van der Waals surface area (Å²) in [5.74, 6) is -0.305. The molecule has 70 valence electrons. The monoisotopic (exact) mass is 174 g/mol. The molecule has 6 N–H and O–H groups in total. The van der Waals surface area contributed by atoms with Crippen LogP contribution in [-0.4, -0.2) is 29.5 Å². The van der Waals surface area contributed by atoms with E-state index >= 15 is 0 Å². The molecule has 0 spiro atoms. The number of carbonyl (C=O) groups excluding carboxylic acids is 1. The van der Waals surface area contributed by atoms with Gasteiger partial charge < -0.3 is 22.0 Å². The minimum absolute atomic E-state index is 0.0669. The lowest BCUT2D eigenvalue weighted by molar-refractivity contribution is -0.118. The molecule has 0 aromatic heterocycles. The van der Waals surface area contributed by atoms with Gasteiger partial charge in [0, 0.05) is 12.5 Å². The molecule has 0 rings (SSSR count). The first-order chi connectivity index (χ1) is 5.56. The zero-order valence-electron chi connectivity index (χ0n) is 6.95. The Morgan fingerprint density at radius 1 is 1.67 bits per heavy atom. The summed E-state index contributed by atoms with van der Waals surface area (Å²) in [4.78, 5) is 10.4. The van der Waals surface area contributed by atoms with E-state index in [4.69, 9.17) is 16.7 Å². The van der Waals surface area contributed by atoms with Crippen molar-refractivity contribution >= 4 is 11.7 Å². The van der Waals surface area contributed by atoms with Crippen molar-refractivity contribution in [2.45, 2.75) is 19.4 Å². The fourth-order valence-corrected chi connectivity index (χ4v) is 0.688. The van der Waals surface area contributed by atoms with Gasteiger partial charge in [-0.1, -0.05) is 5.16 Å². The number of hydrogen-bond donors (Lipinski definition) is 4. The van der Waals surface area contributed by atoms with Crippen LogP contribution in [0, 0.1) is 0 Å². The lowest BCUT2D eigenvalue weighted by Gasteiger charge is -2.10. The van der Waals surface area contributed by atoms with Crippen LogP contribution in [0.25, 0.3) is 0 Å². The van der Waals surface area contributed by atoms with Crippen LogP contribution in [-0.2, 0) is 4.79 Å². The van der Waals surface area contributed by atoms with Crippen LogP contribution in [0.15, 0.2) is 5.16 Å². The SMILES string of the molecule is CC(CC(N)=O)NCC(N)=NO. The molecule has 0 radical (unpaired) electrons. The lowest BCUT2D eigenvalue weighted by Crippen LogP contribution is -2.37. The van der Waals surface area contributed by atoms with Crippen LogP contribution in [0.2, 0.25) is 0 Å². The number of primary amides is 1. The Morgan fingerprint density at radius 2 is 2.25 bits per heavy atom. The molecule has 0 heterocycles. The highest BCUT2D eigenvalue weighted by Crippen LogP contribution is 1.87. The van der Waals surface area contributed by atoms with Gasteiger partial charge in [-0.3, -0.25) is 4.79 Å². The summed E-state index contributed by atoms with van der Waals surface area (Å²) in [7, 11) is 0. The van der Waals surface area contributed by atoms with Gasteiger partial charge in [-0.15, -0.1) is 0 Å². The van der Waals surface area contributed by atoms with Crippen LogP contribution < -0.4 is 16.8 Å². The Bertz CT molecular complexity index is 180. The molecule has 0 fully saturated rings. The largest absolute Gasteiger partial charge is 0.409 e. The van der Waals surface area contributed by atoms with E-state index in [1.54, 1.807) is 6.92 Å². The number of amidine groups is 1. The molecular weight excluding hydrogens is 160 g/mol. The number of nitrogens with zero attached hydrogens (tertiary/aromatic N) is 1. The maximum absolute atomic E-state index is 10.4. The van der Waals surface area contributed by atoms with Crippen LogP contribution in [0.1, 0.15) is 13.3 Å². The lowest BCUT2D eigenvalue weighted by atomic mass is 10.2. The number of carbonyl (C=O) groups is 1. The van der Waals surface area contributed by atoms with Gasteiger partial charge in [0.05, 0.1) is 6.54 Å². The minimum atomic E-state index is -0.380. The van der Waals surface area contributed by atoms with Crippen LogP contribution >= 0.6 is 0 Å². The second kappa shape index (κ2) is 5.36. The topological polar surface area (TPSA) is 114 Å². The molecular formula is C6H14N4O2. The molecule has 1 atom stereocenters. The van der Waals surface area contributed by atoms with Crippen molar-refractivity contribution in [1.82, 2.24) is 5.32 Å². The van der Waals surface area contributed by atoms with E-state index in [9.17, 15) is 4.79 Å². The van der Waals surface area contributed by atoms with Gasteiger partial charge >= 0.3 is 0 Å². The molecule has 0 aliphatic heterocycles. The second-order valence-corrected chi connectivity index (χ2v) is 2.54. The van der Waals surface area contributed by atoms with Crippen LogP contribution in [0.4, 0.5) is 0 Å². The summed E-state index contributed by atoms with van der Waals surface area (Å²) in [6.45, 7) is 2.03. The molecule has 6 heteroatoms. The third-order valence-corrected chi connectivity index (χ3v) is 1.27. The summed E-state index contributed by atoms with van der Waals surface area (Å²) in [5, 5.41) is 13.8. The first-order valence-electron chi connectivity index (χ1n) is 3.54. The summed E-state index contributed by atoms with van der Waals surface area (Å²) >= 11 is 0. The molecule has 0 bridgehead atoms. The normalized spacial score (nSPS) is 14.2. The molecule has 1 unspecified atom stereocenters. The Morgan fingerprint density at radius 3 is 2.67 bits per heavy atom. The highest BCUT2D eigenvalue weighted by Gasteiger charge is 2.05. The fourth-order valence-electron chi connectivity index (χ4n) is 0.688.